The van der Waals surface area contributed by atoms with Gasteiger partial charge in [0.25, 0.3) is 5.91 Å². The Morgan fingerprint density at radius 3 is 2.84 bits per heavy atom. The second-order valence-electron chi connectivity index (χ2n) is 6.09. The number of nitrogens with one attached hydrogen (secondary N) is 1. The maximum atomic E-state index is 12.6. The second kappa shape index (κ2) is 7.58. The van der Waals surface area contributed by atoms with Crippen molar-refractivity contribution in [2.45, 2.75) is 39.0 Å². The zero-order valence-corrected chi connectivity index (χ0v) is 15.8. The van der Waals surface area contributed by atoms with Crippen molar-refractivity contribution in [3.8, 4) is 0 Å². The Balaban J connectivity index is 1.99. The number of rotatable bonds is 4. The molecule has 1 N–H and O–H groups in total. The number of aryl methyl sites for hydroxylation is 1. The molecule has 1 aromatic carbocycles. The second-order valence-corrected chi connectivity index (χ2v) is 7.60. The number of esters is 1. The summed E-state index contributed by atoms with van der Waals surface area (Å²) in [6.07, 6.45) is 3.06. The summed E-state index contributed by atoms with van der Waals surface area (Å²) >= 11 is 7.59. The smallest absolute Gasteiger partial charge is 0.341 e. The predicted molar refractivity (Wildman–Crippen MR) is 101 cm³/mol. The normalized spacial score (nSPS) is 16.2. The minimum Gasteiger partial charge on any atom is -0.462 e. The van der Waals surface area contributed by atoms with Gasteiger partial charge in [-0.25, -0.2) is 4.79 Å². The van der Waals surface area contributed by atoms with Gasteiger partial charge in [-0.15, -0.1) is 11.3 Å². The molecule has 25 heavy (non-hydrogen) atoms. The van der Waals surface area contributed by atoms with Gasteiger partial charge in [0.15, 0.2) is 0 Å². The van der Waals surface area contributed by atoms with Crippen molar-refractivity contribution in [2.75, 3.05) is 11.9 Å². The van der Waals surface area contributed by atoms with Gasteiger partial charge in [0.1, 0.15) is 5.00 Å². The molecule has 0 aliphatic heterocycles. The molecule has 2 aromatic rings. The number of fused-ring (bicyclic) bond motifs is 1. The van der Waals surface area contributed by atoms with Crippen molar-refractivity contribution >= 4 is 39.8 Å². The minimum atomic E-state index is -0.372. The van der Waals surface area contributed by atoms with Crippen molar-refractivity contribution in [3.05, 3.63) is 50.9 Å². The van der Waals surface area contributed by atoms with E-state index in [1.54, 1.807) is 31.2 Å². The van der Waals surface area contributed by atoms with Crippen LogP contribution in [-0.2, 0) is 11.2 Å². The van der Waals surface area contributed by atoms with Crippen LogP contribution in [0.4, 0.5) is 5.00 Å². The Bertz CT molecular complexity index is 815. The number of hydrogen-bond donors (Lipinski definition) is 1. The monoisotopic (exact) mass is 377 g/mol. The van der Waals surface area contributed by atoms with Gasteiger partial charge in [-0.05, 0) is 49.8 Å². The third kappa shape index (κ3) is 3.58. The standard InChI is InChI=1S/C19H20ClNO3S/c1-3-24-19(23)16-15-11(2)7-6-10-14(15)25-18(16)21-17(22)12-8-4-5-9-13(12)20/h4-5,8-9,11H,3,6-7,10H2,1-2H3,(H,21,22). The number of benzene rings is 1. The largest absolute Gasteiger partial charge is 0.462 e. The van der Waals surface area contributed by atoms with Gasteiger partial charge in [-0.2, -0.15) is 0 Å². The highest BCUT2D eigenvalue weighted by atomic mass is 35.5. The quantitative estimate of drug-likeness (QED) is 0.738. The molecule has 0 spiro atoms. The van der Waals surface area contributed by atoms with Crippen molar-refractivity contribution in [1.82, 2.24) is 0 Å². The van der Waals surface area contributed by atoms with E-state index in [4.69, 9.17) is 16.3 Å². The van der Waals surface area contributed by atoms with E-state index >= 15 is 0 Å². The van der Waals surface area contributed by atoms with E-state index in [1.165, 1.54) is 11.3 Å². The van der Waals surface area contributed by atoms with Crippen LogP contribution in [0.5, 0.6) is 0 Å². The summed E-state index contributed by atoms with van der Waals surface area (Å²) in [4.78, 5) is 26.3. The molecule has 1 atom stereocenters. The van der Waals surface area contributed by atoms with E-state index in [1.807, 2.05) is 0 Å². The van der Waals surface area contributed by atoms with E-state index < -0.39 is 0 Å². The molecule has 0 fully saturated rings. The molecule has 0 radical (unpaired) electrons. The Hall–Kier alpha value is -1.85. The van der Waals surface area contributed by atoms with Crippen molar-refractivity contribution in [2.24, 2.45) is 0 Å². The summed E-state index contributed by atoms with van der Waals surface area (Å²) < 4.78 is 5.24. The highest BCUT2D eigenvalue weighted by molar-refractivity contribution is 7.17. The van der Waals surface area contributed by atoms with Crippen LogP contribution in [0.3, 0.4) is 0 Å². The molecule has 1 aromatic heterocycles. The Morgan fingerprint density at radius 2 is 2.12 bits per heavy atom. The SMILES string of the molecule is CCOC(=O)c1c(NC(=O)c2ccccc2Cl)sc2c1C(C)CCC2. The number of thiophene rings is 1. The van der Waals surface area contributed by atoms with Crippen LogP contribution in [0.2, 0.25) is 5.02 Å². The van der Waals surface area contributed by atoms with Gasteiger partial charge in [-0.3, -0.25) is 4.79 Å². The molecule has 132 valence electrons. The molecule has 0 saturated carbocycles. The molecule has 1 amide bonds. The number of halogens is 1. The fraction of sp³-hybridized carbons (Fsp3) is 0.368. The third-order valence-electron chi connectivity index (χ3n) is 4.38. The number of carbonyl (C=O) groups is 2. The summed E-state index contributed by atoms with van der Waals surface area (Å²) in [5.74, 6) is -0.407. The summed E-state index contributed by atoms with van der Waals surface area (Å²) in [6, 6.07) is 6.87. The molecule has 0 bridgehead atoms. The number of anilines is 1. The van der Waals surface area contributed by atoms with Crippen molar-refractivity contribution in [1.29, 1.82) is 0 Å². The van der Waals surface area contributed by atoms with Crippen LogP contribution in [0.25, 0.3) is 0 Å². The zero-order valence-electron chi connectivity index (χ0n) is 14.2. The Kier molecular flexibility index (Phi) is 5.45. The lowest BCUT2D eigenvalue weighted by Crippen LogP contribution is -2.16. The molecular weight excluding hydrogens is 358 g/mol. The van der Waals surface area contributed by atoms with Crippen LogP contribution in [0.1, 0.15) is 63.8 Å². The van der Waals surface area contributed by atoms with E-state index in [-0.39, 0.29) is 17.8 Å². The van der Waals surface area contributed by atoms with E-state index in [0.717, 1.165) is 29.7 Å². The lowest BCUT2D eigenvalue weighted by Gasteiger charge is -2.19. The third-order valence-corrected chi connectivity index (χ3v) is 5.89. The van der Waals surface area contributed by atoms with Gasteiger partial charge >= 0.3 is 5.97 Å². The van der Waals surface area contributed by atoms with Gasteiger partial charge in [0.05, 0.1) is 22.8 Å². The van der Waals surface area contributed by atoms with Crippen LogP contribution < -0.4 is 5.32 Å². The van der Waals surface area contributed by atoms with Crippen molar-refractivity contribution < 1.29 is 14.3 Å². The van der Waals surface area contributed by atoms with Gasteiger partial charge in [0, 0.05) is 4.88 Å². The molecular formula is C19H20ClNO3S. The fourth-order valence-corrected chi connectivity index (χ4v) is 4.79. The number of ether oxygens (including phenoxy) is 1. The average Bonchev–Trinajstić information content (AvgIpc) is 2.94. The predicted octanol–water partition coefficient (Wildman–Crippen LogP) is 5.27. The first kappa shape index (κ1) is 18.0. The zero-order chi connectivity index (χ0) is 18.0. The van der Waals surface area contributed by atoms with E-state index in [2.05, 4.69) is 12.2 Å². The van der Waals surface area contributed by atoms with Crippen LogP contribution in [0.15, 0.2) is 24.3 Å². The maximum Gasteiger partial charge on any atom is 0.341 e. The Labute approximate surface area is 156 Å². The van der Waals surface area contributed by atoms with Crippen molar-refractivity contribution in [3.63, 3.8) is 0 Å². The molecule has 1 unspecified atom stereocenters. The molecule has 1 aliphatic rings. The Morgan fingerprint density at radius 1 is 1.36 bits per heavy atom. The average molecular weight is 378 g/mol. The number of amides is 1. The van der Waals surface area contributed by atoms with Crippen LogP contribution in [0, 0.1) is 0 Å². The highest BCUT2D eigenvalue weighted by Gasteiger charge is 2.31. The first-order chi connectivity index (χ1) is 12.0. The lowest BCUT2D eigenvalue weighted by atomic mass is 9.86. The lowest BCUT2D eigenvalue weighted by molar-refractivity contribution is 0.0526. The van der Waals surface area contributed by atoms with Crippen LogP contribution in [-0.4, -0.2) is 18.5 Å². The summed E-state index contributed by atoms with van der Waals surface area (Å²) in [7, 11) is 0. The van der Waals surface area contributed by atoms with Gasteiger partial charge in [0.2, 0.25) is 0 Å². The fourth-order valence-electron chi connectivity index (χ4n) is 3.22. The van der Waals surface area contributed by atoms with E-state index in [0.29, 0.717) is 27.8 Å². The molecule has 1 aliphatic carbocycles. The molecule has 1 heterocycles. The molecule has 0 saturated heterocycles. The van der Waals surface area contributed by atoms with Crippen LogP contribution >= 0.6 is 22.9 Å². The first-order valence-corrected chi connectivity index (χ1v) is 9.61. The summed E-state index contributed by atoms with van der Waals surface area (Å²) in [6.45, 7) is 4.20. The molecule has 4 nitrogen and oxygen atoms in total. The topological polar surface area (TPSA) is 55.4 Å². The number of carbonyl (C=O) groups excluding carboxylic acids is 2. The highest BCUT2D eigenvalue weighted by Crippen LogP contribution is 2.44. The minimum absolute atomic E-state index is 0.283. The summed E-state index contributed by atoms with van der Waals surface area (Å²) in [5.41, 5.74) is 1.93. The van der Waals surface area contributed by atoms with Gasteiger partial charge < -0.3 is 10.1 Å². The summed E-state index contributed by atoms with van der Waals surface area (Å²) in [5, 5.41) is 3.82. The molecule has 3 rings (SSSR count). The van der Waals surface area contributed by atoms with E-state index in [9.17, 15) is 9.59 Å². The number of hydrogen-bond acceptors (Lipinski definition) is 4. The van der Waals surface area contributed by atoms with Gasteiger partial charge in [-0.1, -0.05) is 30.7 Å². The maximum absolute atomic E-state index is 12.6. The molecule has 6 heteroatoms. The first-order valence-electron chi connectivity index (χ1n) is 8.41.